The fourth-order valence-electron chi connectivity index (χ4n) is 2.35. The number of aromatic nitrogens is 1. The van der Waals surface area contributed by atoms with Gasteiger partial charge < -0.3 is 9.32 Å². The van der Waals surface area contributed by atoms with E-state index in [-0.39, 0.29) is 5.91 Å². The van der Waals surface area contributed by atoms with Crippen molar-refractivity contribution in [1.82, 2.24) is 9.88 Å². The fraction of sp³-hybridized carbons (Fsp3) is 0.176. The summed E-state index contributed by atoms with van der Waals surface area (Å²) < 4.78 is 5.80. The number of fused-ring (bicyclic) bond motifs is 1. The molecule has 3 aromatic rings. The number of hydrogen-bond donors (Lipinski definition) is 0. The first kappa shape index (κ1) is 14.6. The second-order valence-corrected chi connectivity index (χ2v) is 5.75. The quantitative estimate of drug-likeness (QED) is 0.713. The SMILES string of the molecule is Cc1cc(-c2cc3nccc(Cl)c3o2)ccc1C(=O)N(C)C. The van der Waals surface area contributed by atoms with Gasteiger partial charge in [-0.05, 0) is 30.7 Å². The van der Waals surface area contributed by atoms with Crippen LogP contribution in [0.2, 0.25) is 5.02 Å². The number of aryl methyl sites for hydroxylation is 1. The van der Waals surface area contributed by atoms with Crippen molar-refractivity contribution in [3.8, 4) is 11.3 Å². The number of benzene rings is 1. The Morgan fingerprint density at radius 3 is 2.64 bits per heavy atom. The van der Waals surface area contributed by atoms with E-state index in [0.717, 1.165) is 11.1 Å². The minimum absolute atomic E-state index is 0.0154. The zero-order chi connectivity index (χ0) is 15.9. The van der Waals surface area contributed by atoms with Gasteiger partial charge in [-0.25, -0.2) is 0 Å². The van der Waals surface area contributed by atoms with Crippen molar-refractivity contribution in [1.29, 1.82) is 0 Å². The average Bonchev–Trinajstić information content (AvgIpc) is 2.92. The molecule has 0 aliphatic heterocycles. The molecule has 0 aliphatic carbocycles. The second kappa shape index (κ2) is 5.46. The number of rotatable bonds is 2. The summed E-state index contributed by atoms with van der Waals surface area (Å²) in [6.07, 6.45) is 1.65. The molecule has 1 amide bonds. The highest BCUT2D eigenvalue weighted by atomic mass is 35.5. The summed E-state index contributed by atoms with van der Waals surface area (Å²) in [6, 6.07) is 9.16. The third kappa shape index (κ3) is 2.46. The van der Waals surface area contributed by atoms with Crippen molar-refractivity contribution in [3.05, 3.63) is 52.7 Å². The van der Waals surface area contributed by atoms with Crippen molar-refractivity contribution in [2.24, 2.45) is 0 Å². The summed E-state index contributed by atoms with van der Waals surface area (Å²) in [4.78, 5) is 17.9. The maximum Gasteiger partial charge on any atom is 0.253 e. The molecule has 1 aromatic carbocycles. The largest absolute Gasteiger partial charge is 0.453 e. The first-order valence-electron chi connectivity index (χ1n) is 6.84. The molecule has 112 valence electrons. The molecular formula is C17H15ClN2O2. The molecule has 0 radical (unpaired) electrons. The van der Waals surface area contributed by atoms with Crippen molar-refractivity contribution < 1.29 is 9.21 Å². The van der Waals surface area contributed by atoms with Gasteiger partial charge in [-0.2, -0.15) is 0 Å². The molecule has 0 aliphatic rings. The van der Waals surface area contributed by atoms with Crippen LogP contribution in [-0.2, 0) is 0 Å². The van der Waals surface area contributed by atoms with E-state index < -0.39 is 0 Å². The number of carbonyl (C=O) groups excluding carboxylic acids is 1. The summed E-state index contributed by atoms with van der Waals surface area (Å²) in [7, 11) is 3.48. The number of carbonyl (C=O) groups is 1. The van der Waals surface area contributed by atoms with Gasteiger partial charge >= 0.3 is 0 Å². The van der Waals surface area contributed by atoms with Gasteiger partial charge in [0.1, 0.15) is 11.3 Å². The summed E-state index contributed by atoms with van der Waals surface area (Å²) in [5.41, 5.74) is 3.76. The third-order valence-corrected chi connectivity index (χ3v) is 3.81. The van der Waals surface area contributed by atoms with Crippen molar-refractivity contribution >= 4 is 28.6 Å². The Bertz CT molecular complexity index is 868. The lowest BCUT2D eigenvalue weighted by molar-refractivity contribution is 0.0827. The molecule has 0 spiro atoms. The van der Waals surface area contributed by atoms with Crippen LogP contribution in [0.1, 0.15) is 15.9 Å². The lowest BCUT2D eigenvalue weighted by Crippen LogP contribution is -2.22. The van der Waals surface area contributed by atoms with Crippen LogP contribution in [0.3, 0.4) is 0 Å². The number of amides is 1. The van der Waals surface area contributed by atoms with Crippen LogP contribution in [0.15, 0.2) is 40.9 Å². The Morgan fingerprint density at radius 2 is 2.00 bits per heavy atom. The Morgan fingerprint density at radius 1 is 1.23 bits per heavy atom. The molecular weight excluding hydrogens is 300 g/mol. The minimum atomic E-state index is -0.0154. The van der Waals surface area contributed by atoms with E-state index in [4.69, 9.17) is 16.0 Å². The van der Waals surface area contributed by atoms with E-state index in [9.17, 15) is 4.79 Å². The Labute approximate surface area is 133 Å². The van der Waals surface area contributed by atoms with E-state index in [0.29, 0.717) is 27.4 Å². The molecule has 22 heavy (non-hydrogen) atoms. The lowest BCUT2D eigenvalue weighted by atomic mass is 10.0. The number of halogens is 1. The zero-order valence-corrected chi connectivity index (χ0v) is 13.3. The van der Waals surface area contributed by atoms with Crippen LogP contribution in [-0.4, -0.2) is 29.9 Å². The smallest absolute Gasteiger partial charge is 0.253 e. The normalized spacial score (nSPS) is 10.9. The molecule has 0 saturated heterocycles. The van der Waals surface area contributed by atoms with E-state index in [2.05, 4.69) is 4.98 Å². The highest BCUT2D eigenvalue weighted by molar-refractivity contribution is 6.34. The summed E-state index contributed by atoms with van der Waals surface area (Å²) in [5.74, 6) is 0.668. The third-order valence-electron chi connectivity index (χ3n) is 3.51. The predicted molar refractivity (Wildman–Crippen MR) is 87.2 cm³/mol. The number of nitrogens with zero attached hydrogens (tertiary/aromatic N) is 2. The molecule has 0 unspecified atom stereocenters. The van der Waals surface area contributed by atoms with Gasteiger partial charge in [-0.3, -0.25) is 9.78 Å². The van der Waals surface area contributed by atoms with E-state index in [1.165, 1.54) is 0 Å². The fourth-order valence-corrected chi connectivity index (χ4v) is 2.54. The molecule has 2 heterocycles. The van der Waals surface area contributed by atoms with E-state index in [1.54, 1.807) is 31.3 Å². The van der Waals surface area contributed by atoms with Gasteiger partial charge in [-0.1, -0.05) is 17.7 Å². The van der Waals surface area contributed by atoms with Crippen LogP contribution < -0.4 is 0 Å². The van der Waals surface area contributed by atoms with Gasteiger partial charge in [0.2, 0.25) is 0 Å². The van der Waals surface area contributed by atoms with Crippen LogP contribution in [0.4, 0.5) is 0 Å². The first-order valence-corrected chi connectivity index (χ1v) is 7.22. The van der Waals surface area contributed by atoms with Crippen molar-refractivity contribution in [3.63, 3.8) is 0 Å². The number of hydrogen-bond acceptors (Lipinski definition) is 3. The van der Waals surface area contributed by atoms with Crippen LogP contribution in [0.25, 0.3) is 22.4 Å². The Hall–Kier alpha value is -2.33. The van der Waals surface area contributed by atoms with Crippen molar-refractivity contribution in [2.75, 3.05) is 14.1 Å². The monoisotopic (exact) mass is 314 g/mol. The number of pyridine rings is 1. The lowest BCUT2D eigenvalue weighted by Gasteiger charge is -2.12. The molecule has 0 saturated carbocycles. The highest BCUT2D eigenvalue weighted by Gasteiger charge is 2.14. The number of furan rings is 1. The topological polar surface area (TPSA) is 46.3 Å². The molecule has 4 nitrogen and oxygen atoms in total. The highest BCUT2D eigenvalue weighted by Crippen LogP contribution is 2.31. The van der Waals surface area contributed by atoms with Gasteiger partial charge in [0.15, 0.2) is 5.58 Å². The summed E-state index contributed by atoms with van der Waals surface area (Å²) >= 11 is 6.11. The summed E-state index contributed by atoms with van der Waals surface area (Å²) in [6.45, 7) is 1.91. The van der Waals surface area contributed by atoms with Gasteiger partial charge in [0.25, 0.3) is 5.91 Å². The Kier molecular flexibility index (Phi) is 3.62. The molecule has 2 aromatic heterocycles. The van der Waals surface area contributed by atoms with E-state index >= 15 is 0 Å². The predicted octanol–water partition coefficient (Wildman–Crippen LogP) is 4.16. The molecule has 0 atom stereocenters. The molecule has 5 heteroatoms. The standard InChI is InChI=1S/C17H15ClN2O2/c1-10-8-11(4-5-12(10)17(21)20(2)3)15-9-14-16(22-15)13(18)6-7-19-14/h4-9H,1-3H3. The average molecular weight is 315 g/mol. The van der Waals surface area contributed by atoms with Crippen LogP contribution >= 0.6 is 11.6 Å². The van der Waals surface area contributed by atoms with Gasteiger partial charge in [-0.15, -0.1) is 0 Å². The maximum absolute atomic E-state index is 12.1. The Balaban J connectivity index is 2.06. The first-order chi connectivity index (χ1) is 10.5. The van der Waals surface area contributed by atoms with Crippen LogP contribution in [0.5, 0.6) is 0 Å². The minimum Gasteiger partial charge on any atom is -0.453 e. The van der Waals surface area contributed by atoms with E-state index in [1.807, 2.05) is 31.2 Å². The van der Waals surface area contributed by atoms with Gasteiger partial charge in [0.05, 0.1) is 5.02 Å². The van der Waals surface area contributed by atoms with Crippen molar-refractivity contribution in [2.45, 2.75) is 6.92 Å². The molecule has 0 fully saturated rings. The van der Waals surface area contributed by atoms with Crippen LogP contribution in [0, 0.1) is 6.92 Å². The second-order valence-electron chi connectivity index (χ2n) is 5.35. The van der Waals surface area contributed by atoms with Gasteiger partial charge in [0, 0.05) is 37.5 Å². The zero-order valence-electron chi connectivity index (χ0n) is 12.6. The molecule has 0 bridgehead atoms. The molecule has 3 rings (SSSR count). The molecule has 0 N–H and O–H groups in total. The summed E-state index contributed by atoms with van der Waals surface area (Å²) in [5, 5.41) is 0.535. The maximum atomic E-state index is 12.1.